The zero-order chi connectivity index (χ0) is 28.7. The van der Waals surface area contributed by atoms with E-state index in [1.165, 1.54) is 6.42 Å². The number of likely N-dealkylation sites (tertiary alicyclic amines) is 1. The van der Waals surface area contributed by atoms with E-state index >= 15 is 0 Å². The minimum absolute atomic E-state index is 0.0375. The zero-order valence-corrected chi connectivity index (χ0v) is 24.7. The first-order chi connectivity index (χ1) is 19.0. The van der Waals surface area contributed by atoms with Crippen LogP contribution < -0.4 is 5.32 Å². The Labute approximate surface area is 239 Å². The largest absolute Gasteiger partial charge is 0.482 e. The molecule has 2 amide bonds. The molecule has 6 rings (SSSR count). The van der Waals surface area contributed by atoms with Crippen LogP contribution in [0, 0.1) is 34.5 Å². The number of nitrogens with zero attached hydrogens (tertiary/aromatic N) is 2. The first kappa shape index (κ1) is 28.9. The Hall–Kier alpha value is -2.63. The van der Waals surface area contributed by atoms with Crippen LogP contribution in [0.4, 0.5) is 0 Å². The van der Waals surface area contributed by atoms with Gasteiger partial charge in [-0.05, 0) is 74.2 Å². The van der Waals surface area contributed by atoms with Crippen molar-refractivity contribution in [2.75, 3.05) is 6.54 Å². The van der Waals surface area contributed by atoms with E-state index < -0.39 is 7.12 Å². The summed E-state index contributed by atoms with van der Waals surface area (Å²) in [5.41, 5.74) is 1.23. The molecule has 6 atom stereocenters. The third-order valence-corrected chi connectivity index (χ3v) is 10.1. The molecule has 3 saturated carbocycles. The molecule has 214 valence electrons. The fourth-order valence-electron chi connectivity index (χ4n) is 7.78. The molecule has 1 aromatic rings. The van der Waals surface area contributed by atoms with Crippen LogP contribution in [0.25, 0.3) is 0 Å². The average molecular weight is 546 g/mol. The average Bonchev–Trinajstić information content (AvgIpc) is 3.54. The van der Waals surface area contributed by atoms with Crippen LogP contribution in [0.2, 0.25) is 0 Å². The molecule has 0 aromatic heterocycles. The molecule has 2 aliphatic heterocycles. The maximum Gasteiger partial charge on any atom is 0.482 e. The first-order valence-corrected chi connectivity index (χ1v) is 15.1. The van der Waals surface area contributed by atoms with Gasteiger partial charge >= 0.3 is 7.12 Å². The quantitative estimate of drug-likeness (QED) is 0.272. The summed E-state index contributed by atoms with van der Waals surface area (Å²) < 4.78 is 13.3. The number of rotatable bonds is 9. The molecule has 3 aliphatic carbocycles. The van der Waals surface area contributed by atoms with Crippen molar-refractivity contribution < 1.29 is 18.9 Å². The molecule has 1 aromatic carbocycles. The van der Waals surface area contributed by atoms with Crippen LogP contribution in [-0.4, -0.2) is 54.1 Å². The van der Waals surface area contributed by atoms with Crippen molar-refractivity contribution in [2.45, 2.75) is 103 Å². The van der Waals surface area contributed by atoms with Gasteiger partial charge in [-0.3, -0.25) is 9.59 Å². The van der Waals surface area contributed by atoms with Gasteiger partial charge in [0.25, 0.3) is 5.91 Å². The Morgan fingerprint density at radius 2 is 1.98 bits per heavy atom. The molecule has 1 unspecified atom stereocenters. The number of nitrogens with one attached hydrogen (secondary N) is 1. The van der Waals surface area contributed by atoms with E-state index in [1.54, 1.807) is 11.0 Å². The fraction of sp³-hybridized carbons (Fsp3) is 0.656. The van der Waals surface area contributed by atoms with Gasteiger partial charge in [0.2, 0.25) is 5.91 Å². The lowest BCUT2D eigenvalue weighted by Crippen LogP contribution is -2.65. The van der Waals surface area contributed by atoms with Crippen LogP contribution in [0.15, 0.2) is 42.0 Å². The lowest BCUT2D eigenvalue weighted by molar-refractivity contribution is -0.199. The Balaban J connectivity index is 1.24. The number of amides is 2. The summed E-state index contributed by atoms with van der Waals surface area (Å²) in [4.78, 5) is 28.2. The monoisotopic (exact) mass is 545 g/mol. The van der Waals surface area contributed by atoms with Crippen LogP contribution >= 0.6 is 0 Å². The number of hydrogen-bond acceptors (Lipinski definition) is 5. The van der Waals surface area contributed by atoms with E-state index in [0.29, 0.717) is 37.6 Å². The third-order valence-electron chi connectivity index (χ3n) is 10.1. The summed E-state index contributed by atoms with van der Waals surface area (Å²) in [5.74, 6) is 0.652. The van der Waals surface area contributed by atoms with Crippen LogP contribution in [0.1, 0.15) is 78.7 Å². The number of nitriles is 1. The fourth-order valence-corrected chi connectivity index (χ4v) is 7.78. The third kappa shape index (κ3) is 5.48. The van der Waals surface area contributed by atoms with E-state index in [2.05, 4.69) is 44.3 Å². The number of hydrogen-bond donors (Lipinski definition) is 1. The van der Waals surface area contributed by atoms with Crippen LogP contribution in [0.3, 0.4) is 0 Å². The van der Waals surface area contributed by atoms with Crippen LogP contribution in [-0.2, 0) is 25.3 Å². The van der Waals surface area contributed by atoms with Gasteiger partial charge in [-0.1, -0.05) is 64.1 Å². The number of allylic oxidation sites excluding steroid dienone is 1. The van der Waals surface area contributed by atoms with Crippen molar-refractivity contribution in [3.63, 3.8) is 0 Å². The van der Waals surface area contributed by atoms with Gasteiger partial charge in [0.1, 0.15) is 11.6 Å². The van der Waals surface area contributed by atoms with Gasteiger partial charge in [0, 0.05) is 19.0 Å². The molecule has 8 heteroatoms. The summed E-state index contributed by atoms with van der Waals surface area (Å²) in [6.07, 6.45) is 7.20. The molecule has 0 radical (unpaired) electrons. The number of benzene rings is 1. The van der Waals surface area contributed by atoms with E-state index in [9.17, 15) is 14.9 Å². The lowest BCUT2D eigenvalue weighted by Gasteiger charge is -2.64. The van der Waals surface area contributed by atoms with Crippen molar-refractivity contribution in [2.24, 2.45) is 23.2 Å². The first-order valence-electron chi connectivity index (χ1n) is 15.1. The van der Waals surface area contributed by atoms with Gasteiger partial charge in [-0.25, -0.2) is 0 Å². The second-order valence-electron chi connectivity index (χ2n) is 13.5. The predicted octanol–water partition coefficient (Wildman–Crippen LogP) is 4.86. The molecule has 5 fully saturated rings. The SMILES string of the molecule is CC(C)/C=C(\C#N)C(=O)N1CCCC1CCC(=O)N[C@@H](Cc1ccccc1)B1O[C@@H]2C[C@@H]3C[C@@H](C3(C)C)[C@]2(C)O1. The van der Waals surface area contributed by atoms with Gasteiger partial charge in [-0.2, -0.15) is 5.26 Å². The van der Waals surface area contributed by atoms with E-state index in [1.807, 2.05) is 32.0 Å². The lowest BCUT2D eigenvalue weighted by atomic mass is 9.43. The molecule has 40 heavy (non-hydrogen) atoms. The predicted molar refractivity (Wildman–Crippen MR) is 155 cm³/mol. The molecule has 2 heterocycles. The summed E-state index contributed by atoms with van der Waals surface area (Å²) in [6, 6.07) is 12.2. The highest BCUT2D eigenvalue weighted by Crippen LogP contribution is 2.65. The highest BCUT2D eigenvalue weighted by atomic mass is 16.7. The van der Waals surface area contributed by atoms with Gasteiger partial charge in [0.15, 0.2) is 0 Å². The molecular weight excluding hydrogens is 501 g/mol. The minimum atomic E-state index is -0.502. The smallest absolute Gasteiger partial charge is 0.404 e. The van der Waals surface area contributed by atoms with E-state index in [-0.39, 0.29) is 52.4 Å². The molecule has 5 aliphatic rings. The number of carbonyl (C=O) groups is 2. The minimum Gasteiger partial charge on any atom is -0.404 e. The summed E-state index contributed by atoms with van der Waals surface area (Å²) in [6.45, 7) is 11.4. The van der Waals surface area contributed by atoms with Crippen molar-refractivity contribution >= 4 is 18.9 Å². The molecule has 7 nitrogen and oxygen atoms in total. The maximum atomic E-state index is 13.3. The summed E-state index contributed by atoms with van der Waals surface area (Å²) in [5, 5.41) is 12.8. The Kier molecular flexibility index (Phi) is 8.18. The van der Waals surface area contributed by atoms with Gasteiger partial charge in [-0.15, -0.1) is 0 Å². The summed E-state index contributed by atoms with van der Waals surface area (Å²) >= 11 is 0. The highest BCUT2D eigenvalue weighted by molar-refractivity contribution is 6.48. The van der Waals surface area contributed by atoms with E-state index in [0.717, 1.165) is 24.8 Å². The van der Waals surface area contributed by atoms with Crippen molar-refractivity contribution in [1.82, 2.24) is 10.2 Å². The van der Waals surface area contributed by atoms with Crippen molar-refractivity contribution in [3.05, 3.63) is 47.5 Å². The molecular formula is C32H44BN3O4. The normalized spacial score (nSPS) is 31.4. The Morgan fingerprint density at radius 3 is 2.65 bits per heavy atom. The summed E-state index contributed by atoms with van der Waals surface area (Å²) in [7, 11) is -0.502. The molecule has 2 saturated heterocycles. The maximum absolute atomic E-state index is 13.3. The van der Waals surface area contributed by atoms with Crippen molar-refractivity contribution in [1.29, 1.82) is 5.26 Å². The second-order valence-corrected chi connectivity index (χ2v) is 13.5. The molecule has 2 bridgehead atoms. The van der Waals surface area contributed by atoms with Gasteiger partial charge in [0.05, 0.1) is 17.6 Å². The molecule has 1 N–H and O–H groups in total. The van der Waals surface area contributed by atoms with E-state index in [4.69, 9.17) is 9.31 Å². The Morgan fingerprint density at radius 1 is 1.23 bits per heavy atom. The number of carbonyl (C=O) groups excluding carboxylic acids is 2. The van der Waals surface area contributed by atoms with Crippen LogP contribution in [0.5, 0.6) is 0 Å². The standard InChI is InChI=1S/C32H44BN3O4/c1-21(2)16-23(20-34)30(38)36-15-9-12-25(36)13-14-29(37)35-28(17-22-10-7-6-8-11-22)33-39-27-19-24-18-26(31(24,3)4)32(27,5)40-33/h6-8,10-11,16,21,24-28H,9,12-15,17-19H2,1-5H3,(H,35,37)/b23-16+/t24-,25?,26-,27+,28-,32-/m0/s1. The Bertz CT molecular complexity index is 1180. The topological polar surface area (TPSA) is 91.7 Å². The van der Waals surface area contributed by atoms with Crippen molar-refractivity contribution in [3.8, 4) is 6.07 Å². The van der Waals surface area contributed by atoms with Gasteiger partial charge < -0.3 is 19.5 Å². The highest BCUT2D eigenvalue weighted by Gasteiger charge is 2.68. The second kappa shape index (κ2) is 11.3. The zero-order valence-electron chi connectivity index (χ0n) is 24.7. The molecule has 0 spiro atoms.